The van der Waals surface area contributed by atoms with E-state index in [9.17, 15) is 9.18 Å². The largest absolute Gasteiger partial charge is 0.478 e. The first kappa shape index (κ1) is 13.5. The van der Waals surface area contributed by atoms with Gasteiger partial charge in [0.2, 0.25) is 0 Å². The van der Waals surface area contributed by atoms with E-state index in [1.54, 1.807) is 17.4 Å². The summed E-state index contributed by atoms with van der Waals surface area (Å²) in [6.07, 6.45) is 0.771. The van der Waals surface area contributed by atoms with Crippen molar-refractivity contribution < 1.29 is 14.3 Å². The first-order chi connectivity index (χ1) is 9.08. The molecule has 19 heavy (non-hydrogen) atoms. The number of thiophene rings is 1. The van der Waals surface area contributed by atoms with Gasteiger partial charge in [0, 0.05) is 17.3 Å². The molecule has 2 N–H and O–H groups in total. The van der Waals surface area contributed by atoms with E-state index < -0.39 is 11.8 Å². The van der Waals surface area contributed by atoms with Crippen LogP contribution < -0.4 is 5.32 Å². The zero-order chi connectivity index (χ0) is 13.8. The number of hydrogen-bond donors (Lipinski definition) is 2. The van der Waals surface area contributed by atoms with Gasteiger partial charge in [0.15, 0.2) is 0 Å². The second-order valence-corrected chi connectivity index (χ2v) is 5.33. The minimum atomic E-state index is -1.26. The van der Waals surface area contributed by atoms with E-state index in [-0.39, 0.29) is 11.6 Å². The van der Waals surface area contributed by atoms with E-state index >= 15 is 0 Å². The lowest BCUT2D eigenvalue weighted by Gasteiger charge is -2.16. The fourth-order valence-corrected chi connectivity index (χ4v) is 2.74. The molecule has 0 spiro atoms. The summed E-state index contributed by atoms with van der Waals surface area (Å²) in [5.41, 5.74) is 0.0112. The van der Waals surface area contributed by atoms with E-state index in [4.69, 9.17) is 5.11 Å². The second kappa shape index (κ2) is 5.84. The van der Waals surface area contributed by atoms with Gasteiger partial charge in [-0.05, 0) is 30.5 Å². The number of benzene rings is 1. The molecule has 0 amide bonds. The van der Waals surface area contributed by atoms with Crippen LogP contribution in [-0.4, -0.2) is 17.1 Å². The number of rotatable bonds is 5. The standard InChI is InChI=1S/C14H14FNO2S/c1-9(8-10-4-3-7-19-10)16-12-6-2-5-11(15)13(12)14(17)18/h2-7,9,16H,8H2,1H3,(H,17,18). The summed E-state index contributed by atoms with van der Waals surface area (Å²) < 4.78 is 13.5. The Kier molecular flexibility index (Phi) is 4.16. The number of carboxylic acids is 1. The van der Waals surface area contributed by atoms with Crippen molar-refractivity contribution in [2.75, 3.05) is 5.32 Å². The number of aromatic carboxylic acids is 1. The van der Waals surface area contributed by atoms with Crippen molar-refractivity contribution in [1.82, 2.24) is 0 Å². The third-order valence-electron chi connectivity index (χ3n) is 2.72. The first-order valence-corrected chi connectivity index (χ1v) is 6.76. The molecular weight excluding hydrogens is 265 g/mol. The smallest absolute Gasteiger partial charge is 0.340 e. The van der Waals surface area contributed by atoms with Gasteiger partial charge in [-0.3, -0.25) is 0 Å². The van der Waals surface area contributed by atoms with Gasteiger partial charge in [0.25, 0.3) is 0 Å². The number of carbonyl (C=O) groups is 1. The van der Waals surface area contributed by atoms with E-state index in [0.29, 0.717) is 5.69 Å². The lowest BCUT2D eigenvalue weighted by molar-refractivity contribution is 0.0693. The van der Waals surface area contributed by atoms with E-state index in [1.165, 1.54) is 10.9 Å². The summed E-state index contributed by atoms with van der Waals surface area (Å²) in [5.74, 6) is -1.98. The van der Waals surface area contributed by atoms with Gasteiger partial charge in [-0.25, -0.2) is 9.18 Å². The first-order valence-electron chi connectivity index (χ1n) is 5.88. The highest BCUT2D eigenvalue weighted by atomic mass is 32.1. The zero-order valence-electron chi connectivity index (χ0n) is 10.4. The van der Waals surface area contributed by atoms with Gasteiger partial charge in [-0.1, -0.05) is 12.1 Å². The Morgan fingerprint density at radius 2 is 2.21 bits per heavy atom. The maximum absolute atomic E-state index is 13.5. The van der Waals surface area contributed by atoms with Gasteiger partial charge in [-0.15, -0.1) is 11.3 Å². The molecule has 0 saturated carbocycles. The quantitative estimate of drug-likeness (QED) is 0.878. The Balaban J connectivity index is 2.14. The number of nitrogens with one attached hydrogen (secondary N) is 1. The molecule has 5 heteroatoms. The van der Waals surface area contributed by atoms with Crippen molar-refractivity contribution in [3.05, 3.63) is 52.0 Å². The maximum atomic E-state index is 13.5. The van der Waals surface area contributed by atoms with Crippen molar-refractivity contribution in [2.45, 2.75) is 19.4 Å². The summed E-state index contributed by atoms with van der Waals surface area (Å²) in [6.45, 7) is 1.94. The van der Waals surface area contributed by atoms with E-state index in [2.05, 4.69) is 5.32 Å². The molecule has 0 radical (unpaired) electrons. The van der Waals surface area contributed by atoms with Crippen LogP contribution in [0.5, 0.6) is 0 Å². The molecule has 1 heterocycles. The molecule has 0 saturated heterocycles. The van der Waals surface area contributed by atoms with Crippen LogP contribution >= 0.6 is 11.3 Å². The minimum absolute atomic E-state index is 0.0264. The average Bonchev–Trinajstić information content (AvgIpc) is 2.81. The predicted molar refractivity (Wildman–Crippen MR) is 74.5 cm³/mol. The summed E-state index contributed by atoms with van der Waals surface area (Å²) in [7, 11) is 0. The van der Waals surface area contributed by atoms with Crippen LogP contribution in [0, 0.1) is 5.82 Å². The fraction of sp³-hybridized carbons (Fsp3) is 0.214. The van der Waals surface area contributed by atoms with Gasteiger partial charge < -0.3 is 10.4 Å². The zero-order valence-corrected chi connectivity index (χ0v) is 11.2. The highest BCUT2D eigenvalue weighted by Crippen LogP contribution is 2.21. The average molecular weight is 279 g/mol. The number of halogens is 1. The Morgan fingerprint density at radius 3 is 2.84 bits per heavy atom. The molecule has 1 unspecified atom stereocenters. The summed E-state index contributed by atoms with van der Waals surface area (Å²) in [6, 6.07) is 8.25. The lowest BCUT2D eigenvalue weighted by atomic mass is 10.1. The maximum Gasteiger partial charge on any atom is 0.340 e. The molecule has 0 aliphatic carbocycles. The molecule has 0 fully saturated rings. The molecule has 1 atom stereocenters. The Labute approximate surface area is 114 Å². The lowest BCUT2D eigenvalue weighted by Crippen LogP contribution is -2.20. The molecular formula is C14H14FNO2S. The van der Waals surface area contributed by atoms with Crippen molar-refractivity contribution in [1.29, 1.82) is 0 Å². The number of anilines is 1. The Bertz CT molecular complexity index is 569. The van der Waals surface area contributed by atoms with E-state index in [0.717, 1.165) is 12.5 Å². The highest BCUT2D eigenvalue weighted by Gasteiger charge is 2.17. The summed E-state index contributed by atoms with van der Waals surface area (Å²) in [5, 5.41) is 14.1. The molecule has 3 nitrogen and oxygen atoms in total. The van der Waals surface area contributed by atoms with Crippen LogP contribution in [-0.2, 0) is 6.42 Å². The third-order valence-corrected chi connectivity index (χ3v) is 3.62. The van der Waals surface area contributed by atoms with Crippen LogP contribution in [0.3, 0.4) is 0 Å². The molecule has 1 aromatic heterocycles. The fourth-order valence-electron chi connectivity index (χ4n) is 1.91. The highest BCUT2D eigenvalue weighted by molar-refractivity contribution is 7.09. The molecule has 0 aliphatic rings. The van der Waals surface area contributed by atoms with Crippen LogP contribution in [0.4, 0.5) is 10.1 Å². The van der Waals surface area contributed by atoms with Crippen LogP contribution in [0.25, 0.3) is 0 Å². The topological polar surface area (TPSA) is 49.3 Å². The Morgan fingerprint density at radius 1 is 1.42 bits per heavy atom. The van der Waals surface area contributed by atoms with Crippen LogP contribution in [0.1, 0.15) is 22.2 Å². The van der Waals surface area contributed by atoms with Crippen LogP contribution in [0.2, 0.25) is 0 Å². The van der Waals surface area contributed by atoms with Gasteiger partial charge >= 0.3 is 5.97 Å². The summed E-state index contributed by atoms with van der Waals surface area (Å²) in [4.78, 5) is 12.3. The second-order valence-electron chi connectivity index (χ2n) is 4.30. The minimum Gasteiger partial charge on any atom is -0.478 e. The van der Waals surface area contributed by atoms with Gasteiger partial charge in [0.05, 0.1) is 5.69 Å². The predicted octanol–water partition coefficient (Wildman–Crippen LogP) is 3.63. The van der Waals surface area contributed by atoms with Crippen molar-refractivity contribution in [2.24, 2.45) is 0 Å². The van der Waals surface area contributed by atoms with Gasteiger partial charge in [0.1, 0.15) is 11.4 Å². The molecule has 2 aromatic rings. The molecule has 1 aromatic carbocycles. The molecule has 2 rings (SSSR count). The SMILES string of the molecule is CC(Cc1cccs1)Nc1cccc(F)c1C(=O)O. The van der Waals surface area contributed by atoms with Crippen molar-refractivity contribution in [3.8, 4) is 0 Å². The molecule has 100 valence electrons. The summed E-state index contributed by atoms with van der Waals surface area (Å²) >= 11 is 1.65. The Hall–Kier alpha value is -1.88. The van der Waals surface area contributed by atoms with Crippen molar-refractivity contribution >= 4 is 23.0 Å². The van der Waals surface area contributed by atoms with Crippen LogP contribution in [0.15, 0.2) is 35.7 Å². The molecule has 0 bridgehead atoms. The number of hydrogen-bond acceptors (Lipinski definition) is 3. The molecule has 0 aliphatic heterocycles. The van der Waals surface area contributed by atoms with Crippen molar-refractivity contribution in [3.63, 3.8) is 0 Å². The van der Waals surface area contributed by atoms with Gasteiger partial charge in [-0.2, -0.15) is 0 Å². The third kappa shape index (κ3) is 3.32. The van der Waals surface area contributed by atoms with E-state index in [1.807, 2.05) is 24.4 Å². The monoisotopic (exact) mass is 279 g/mol. The number of carboxylic acid groups (broad SMARTS) is 1. The normalized spacial score (nSPS) is 12.1.